The van der Waals surface area contributed by atoms with Gasteiger partial charge in [-0.25, -0.2) is 13.1 Å². The SMILES string of the molecule is CNS(=O)(=O)c1ccc(CC(O)C(C)(C)C)c([N+](=O)[O-])c1. The standard InChI is InChI=1S/C13H20N2O5S/c1-13(2,3)12(16)7-9-5-6-10(21(19,20)14-4)8-11(9)15(17)18/h5-6,8,12,14,16H,7H2,1-4H3. The molecule has 1 rings (SSSR count). The average Bonchev–Trinajstić information content (AvgIpc) is 2.37. The highest BCUT2D eigenvalue weighted by atomic mass is 32.2. The minimum Gasteiger partial charge on any atom is -0.392 e. The van der Waals surface area contributed by atoms with E-state index < -0.39 is 26.5 Å². The molecular formula is C13H20N2O5S. The molecule has 7 nitrogen and oxygen atoms in total. The number of aliphatic hydroxyl groups is 1. The lowest BCUT2D eigenvalue weighted by Crippen LogP contribution is -2.28. The summed E-state index contributed by atoms with van der Waals surface area (Å²) in [5.74, 6) is 0. The quantitative estimate of drug-likeness (QED) is 0.631. The molecule has 118 valence electrons. The van der Waals surface area contributed by atoms with Gasteiger partial charge in [0.15, 0.2) is 0 Å². The zero-order chi connectivity index (χ0) is 16.4. The average molecular weight is 316 g/mol. The number of aliphatic hydroxyl groups excluding tert-OH is 1. The van der Waals surface area contributed by atoms with Crippen LogP contribution in [0.4, 0.5) is 5.69 Å². The Balaban J connectivity index is 3.27. The Morgan fingerprint density at radius 2 is 1.95 bits per heavy atom. The molecule has 0 saturated heterocycles. The highest BCUT2D eigenvalue weighted by Crippen LogP contribution is 2.28. The fraction of sp³-hybridized carbons (Fsp3) is 0.538. The number of hydrogen-bond donors (Lipinski definition) is 2. The molecule has 0 amide bonds. The Labute approximate surface area is 124 Å². The predicted octanol–water partition coefficient (Wildman–Crippen LogP) is 1.45. The maximum Gasteiger partial charge on any atom is 0.274 e. The van der Waals surface area contributed by atoms with Crippen LogP contribution in [0.1, 0.15) is 26.3 Å². The fourth-order valence-corrected chi connectivity index (χ4v) is 2.44. The molecule has 0 aromatic heterocycles. The molecule has 0 heterocycles. The first-order chi connectivity index (χ1) is 9.49. The lowest BCUT2D eigenvalue weighted by Gasteiger charge is -2.25. The summed E-state index contributed by atoms with van der Waals surface area (Å²) in [6, 6.07) is 3.68. The van der Waals surface area contributed by atoms with Crippen LogP contribution in [0, 0.1) is 15.5 Å². The molecule has 0 bridgehead atoms. The number of hydrogen-bond acceptors (Lipinski definition) is 5. The van der Waals surface area contributed by atoms with Crippen molar-refractivity contribution >= 4 is 15.7 Å². The zero-order valence-corrected chi connectivity index (χ0v) is 13.3. The summed E-state index contributed by atoms with van der Waals surface area (Å²) in [6.07, 6.45) is -0.692. The van der Waals surface area contributed by atoms with Crippen LogP contribution < -0.4 is 4.72 Å². The number of nitro groups is 1. The van der Waals surface area contributed by atoms with E-state index >= 15 is 0 Å². The first-order valence-electron chi connectivity index (χ1n) is 6.38. The molecule has 1 aromatic rings. The Morgan fingerprint density at radius 3 is 2.38 bits per heavy atom. The highest BCUT2D eigenvalue weighted by Gasteiger charge is 2.27. The van der Waals surface area contributed by atoms with Crippen molar-refractivity contribution in [1.82, 2.24) is 4.72 Å². The van der Waals surface area contributed by atoms with Gasteiger partial charge in [-0.05, 0) is 18.5 Å². The van der Waals surface area contributed by atoms with E-state index in [1.54, 1.807) is 0 Å². The summed E-state index contributed by atoms with van der Waals surface area (Å²) in [5.41, 5.74) is -0.434. The van der Waals surface area contributed by atoms with Crippen LogP contribution in [0.15, 0.2) is 23.1 Å². The van der Waals surface area contributed by atoms with Crippen molar-refractivity contribution < 1.29 is 18.4 Å². The summed E-state index contributed by atoms with van der Waals surface area (Å²) >= 11 is 0. The number of rotatable bonds is 5. The van der Waals surface area contributed by atoms with Gasteiger partial charge in [0, 0.05) is 18.1 Å². The van der Waals surface area contributed by atoms with E-state index in [4.69, 9.17) is 0 Å². The monoisotopic (exact) mass is 316 g/mol. The van der Waals surface area contributed by atoms with Crippen LogP contribution in [0.25, 0.3) is 0 Å². The molecule has 0 spiro atoms. The fourth-order valence-electron chi connectivity index (χ4n) is 1.69. The van der Waals surface area contributed by atoms with Gasteiger partial charge >= 0.3 is 0 Å². The summed E-state index contributed by atoms with van der Waals surface area (Å²) in [5, 5.41) is 21.2. The topological polar surface area (TPSA) is 110 Å². The molecular weight excluding hydrogens is 296 g/mol. The number of nitro benzene ring substituents is 1. The van der Waals surface area contributed by atoms with Crippen LogP contribution in [-0.4, -0.2) is 31.6 Å². The van der Waals surface area contributed by atoms with Crippen molar-refractivity contribution in [2.75, 3.05) is 7.05 Å². The van der Waals surface area contributed by atoms with Crippen LogP contribution in [0.3, 0.4) is 0 Å². The second kappa shape index (κ2) is 6.08. The second-order valence-corrected chi connectivity index (χ2v) is 7.73. The van der Waals surface area contributed by atoms with E-state index in [1.165, 1.54) is 19.2 Å². The van der Waals surface area contributed by atoms with Gasteiger partial charge in [-0.1, -0.05) is 26.8 Å². The molecule has 1 atom stereocenters. The number of sulfonamides is 1. The zero-order valence-electron chi connectivity index (χ0n) is 12.5. The minimum atomic E-state index is -3.74. The molecule has 0 radical (unpaired) electrons. The minimum absolute atomic E-state index is 0.0830. The number of nitrogens with zero attached hydrogens (tertiary/aromatic N) is 1. The lowest BCUT2D eigenvalue weighted by molar-refractivity contribution is -0.385. The molecule has 0 aliphatic carbocycles. The normalized spacial score (nSPS) is 14.0. The Kier molecular flexibility index (Phi) is 5.08. The largest absolute Gasteiger partial charge is 0.392 e. The molecule has 8 heteroatoms. The molecule has 2 N–H and O–H groups in total. The molecule has 0 saturated carbocycles. The van der Waals surface area contributed by atoms with E-state index in [9.17, 15) is 23.6 Å². The first-order valence-corrected chi connectivity index (χ1v) is 7.86. The summed E-state index contributed by atoms with van der Waals surface area (Å²) in [6.45, 7) is 5.47. The molecule has 0 aliphatic rings. The van der Waals surface area contributed by atoms with Gasteiger partial charge < -0.3 is 5.11 Å². The van der Waals surface area contributed by atoms with E-state index in [0.29, 0.717) is 5.56 Å². The van der Waals surface area contributed by atoms with Crippen molar-refractivity contribution in [2.24, 2.45) is 5.41 Å². The van der Waals surface area contributed by atoms with Crippen molar-refractivity contribution in [3.63, 3.8) is 0 Å². The van der Waals surface area contributed by atoms with Crippen molar-refractivity contribution in [3.05, 3.63) is 33.9 Å². The van der Waals surface area contributed by atoms with Gasteiger partial charge in [0.1, 0.15) is 0 Å². The van der Waals surface area contributed by atoms with E-state index in [1.807, 2.05) is 20.8 Å². The Morgan fingerprint density at radius 1 is 1.38 bits per heavy atom. The van der Waals surface area contributed by atoms with Crippen LogP contribution >= 0.6 is 0 Å². The number of benzene rings is 1. The third kappa shape index (κ3) is 4.23. The van der Waals surface area contributed by atoms with Crippen LogP contribution in [0.5, 0.6) is 0 Å². The van der Waals surface area contributed by atoms with Gasteiger partial charge in [-0.3, -0.25) is 10.1 Å². The Bertz CT molecular complexity index is 634. The maximum atomic E-state index is 11.7. The molecule has 21 heavy (non-hydrogen) atoms. The summed E-state index contributed by atoms with van der Waals surface area (Å²) in [7, 11) is -2.51. The summed E-state index contributed by atoms with van der Waals surface area (Å²) < 4.78 is 25.5. The van der Waals surface area contributed by atoms with Gasteiger partial charge in [0.2, 0.25) is 10.0 Å². The van der Waals surface area contributed by atoms with Gasteiger partial charge in [-0.15, -0.1) is 0 Å². The van der Waals surface area contributed by atoms with Gasteiger partial charge in [-0.2, -0.15) is 0 Å². The smallest absolute Gasteiger partial charge is 0.274 e. The molecule has 0 fully saturated rings. The number of nitrogens with one attached hydrogen (secondary N) is 1. The maximum absolute atomic E-state index is 11.7. The second-order valence-electron chi connectivity index (χ2n) is 5.84. The van der Waals surface area contributed by atoms with E-state index in [2.05, 4.69) is 4.72 Å². The van der Waals surface area contributed by atoms with Crippen LogP contribution in [-0.2, 0) is 16.4 Å². The van der Waals surface area contributed by atoms with E-state index in [0.717, 1.165) is 6.07 Å². The van der Waals surface area contributed by atoms with E-state index in [-0.39, 0.29) is 17.0 Å². The predicted molar refractivity (Wildman–Crippen MR) is 78.5 cm³/mol. The van der Waals surface area contributed by atoms with Crippen LogP contribution in [0.2, 0.25) is 0 Å². The Hall–Kier alpha value is -1.51. The summed E-state index contributed by atoms with van der Waals surface area (Å²) in [4.78, 5) is 10.3. The van der Waals surface area contributed by atoms with Crippen molar-refractivity contribution in [2.45, 2.75) is 38.2 Å². The molecule has 1 unspecified atom stereocenters. The van der Waals surface area contributed by atoms with Gasteiger partial charge in [0.05, 0.1) is 15.9 Å². The van der Waals surface area contributed by atoms with Crippen molar-refractivity contribution in [3.8, 4) is 0 Å². The third-order valence-electron chi connectivity index (χ3n) is 3.25. The molecule has 0 aliphatic heterocycles. The van der Waals surface area contributed by atoms with Gasteiger partial charge in [0.25, 0.3) is 5.69 Å². The third-order valence-corrected chi connectivity index (χ3v) is 4.66. The highest BCUT2D eigenvalue weighted by molar-refractivity contribution is 7.89. The van der Waals surface area contributed by atoms with Crippen molar-refractivity contribution in [1.29, 1.82) is 0 Å². The lowest BCUT2D eigenvalue weighted by atomic mass is 9.85. The molecule has 1 aromatic carbocycles. The first kappa shape index (κ1) is 17.5.